The molecule has 0 unspecified atom stereocenters. The summed E-state index contributed by atoms with van der Waals surface area (Å²) in [7, 11) is 2.68. The van der Waals surface area contributed by atoms with Crippen molar-refractivity contribution in [2.45, 2.75) is 102 Å². The summed E-state index contributed by atoms with van der Waals surface area (Å²) in [5.74, 6) is -0.667. The SMILES string of the molecule is CO[Si](CCCCCCCCCCCCCCCCC(=O)O)(OC)OC. The fraction of sp³-hybridized carbons (Fsp3) is 0.950. The monoisotopic (exact) mass is 390 g/mol. The highest BCUT2D eigenvalue weighted by Crippen LogP contribution is 2.18. The van der Waals surface area contributed by atoms with Gasteiger partial charge in [-0.3, -0.25) is 4.79 Å². The first-order valence-corrected chi connectivity index (χ1v) is 12.4. The maximum atomic E-state index is 10.4. The van der Waals surface area contributed by atoms with Gasteiger partial charge in [-0.2, -0.15) is 0 Å². The summed E-state index contributed by atoms with van der Waals surface area (Å²) in [5, 5.41) is 8.57. The molecule has 0 saturated carbocycles. The van der Waals surface area contributed by atoms with E-state index in [2.05, 4.69) is 0 Å². The third kappa shape index (κ3) is 14.7. The van der Waals surface area contributed by atoms with Crippen LogP contribution in [0.2, 0.25) is 6.04 Å². The summed E-state index contributed by atoms with van der Waals surface area (Å²) in [6, 6.07) is 0.910. The molecule has 0 spiro atoms. The molecule has 5 nitrogen and oxygen atoms in total. The highest BCUT2D eigenvalue weighted by Gasteiger charge is 2.36. The largest absolute Gasteiger partial charge is 0.500 e. The van der Waals surface area contributed by atoms with Crippen LogP contribution in [-0.2, 0) is 18.1 Å². The van der Waals surface area contributed by atoms with Crippen molar-refractivity contribution in [1.29, 1.82) is 0 Å². The van der Waals surface area contributed by atoms with E-state index in [0.717, 1.165) is 25.3 Å². The topological polar surface area (TPSA) is 65.0 Å². The second-order valence-corrected chi connectivity index (χ2v) is 10.2. The molecule has 0 aliphatic rings. The van der Waals surface area contributed by atoms with Gasteiger partial charge in [0.05, 0.1) is 0 Å². The van der Waals surface area contributed by atoms with Gasteiger partial charge < -0.3 is 18.4 Å². The maximum absolute atomic E-state index is 10.4. The van der Waals surface area contributed by atoms with Gasteiger partial charge in [0.25, 0.3) is 0 Å². The Kier molecular flexibility index (Phi) is 17.7. The van der Waals surface area contributed by atoms with Crippen LogP contribution in [0.3, 0.4) is 0 Å². The van der Waals surface area contributed by atoms with Crippen molar-refractivity contribution in [1.82, 2.24) is 0 Å². The second kappa shape index (κ2) is 18.0. The van der Waals surface area contributed by atoms with Gasteiger partial charge in [0, 0.05) is 33.8 Å². The normalized spacial score (nSPS) is 11.8. The number of hydrogen-bond acceptors (Lipinski definition) is 4. The predicted octanol–water partition coefficient (Wildman–Crippen LogP) is 5.80. The predicted molar refractivity (Wildman–Crippen MR) is 108 cm³/mol. The molecule has 0 aromatic rings. The highest BCUT2D eigenvalue weighted by molar-refractivity contribution is 6.60. The zero-order valence-electron chi connectivity index (χ0n) is 17.4. The molecular formula is C20H42O5Si. The molecule has 0 radical (unpaired) electrons. The third-order valence-electron chi connectivity index (χ3n) is 5.06. The Morgan fingerprint density at radius 2 is 0.923 bits per heavy atom. The molecule has 26 heavy (non-hydrogen) atoms. The first kappa shape index (κ1) is 25.6. The van der Waals surface area contributed by atoms with Crippen molar-refractivity contribution in [2.24, 2.45) is 0 Å². The quantitative estimate of drug-likeness (QED) is 0.210. The molecule has 0 rings (SSSR count). The minimum atomic E-state index is -2.35. The van der Waals surface area contributed by atoms with Crippen LogP contribution in [0.15, 0.2) is 0 Å². The number of unbranched alkanes of at least 4 members (excludes halogenated alkanes) is 13. The fourth-order valence-electron chi connectivity index (χ4n) is 3.30. The van der Waals surface area contributed by atoms with E-state index in [-0.39, 0.29) is 0 Å². The van der Waals surface area contributed by atoms with Crippen molar-refractivity contribution in [3.63, 3.8) is 0 Å². The lowest BCUT2D eigenvalue weighted by molar-refractivity contribution is -0.137. The van der Waals surface area contributed by atoms with Crippen molar-refractivity contribution < 1.29 is 23.2 Å². The zero-order valence-corrected chi connectivity index (χ0v) is 18.4. The summed E-state index contributed by atoms with van der Waals surface area (Å²) in [6.07, 6.45) is 17.7. The van der Waals surface area contributed by atoms with E-state index in [1.165, 1.54) is 70.6 Å². The van der Waals surface area contributed by atoms with E-state index >= 15 is 0 Å². The number of hydrogen-bond donors (Lipinski definition) is 1. The molecule has 0 bridgehead atoms. The Balaban J connectivity index is 3.23. The van der Waals surface area contributed by atoms with E-state index in [4.69, 9.17) is 18.4 Å². The Hall–Kier alpha value is -0.433. The van der Waals surface area contributed by atoms with Crippen LogP contribution in [-0.4, -0.2) is 41.2 Å². The first-order valence-electron chi connectivity index (χ1n) is 10.5. The summed E-state index contributed by atoms with van der Waals surface area (Å²) in [6.45, 7) is 0. The lowest BCUT2D eigenvalue weighted by atomic mass is 10.0. The number of aliphatic carboxylic acids is 1. The molecule has 0 aliphatic heterocycles. The van der Waals surface area contributed by atoms with Crippen LogP contribution in [0.4, 0.5) is 0 Å². The lowest BCUT2D eigenvalue weighted by Crippen LogP contribution is -2.42. The molecule has 0 heterocycles. The zero-order chi connectivity index (χ0) is 19.5. The molecule has 0 aromatic carbocycles. The number of carbonyl (C=O) groups is 1. The van der Waals surface area contributed by atoms with E-state index in [1.54, 1.807) is 21.3 Å². The summed E-state index contributed by atoms with van der Waals surface area (Å²) < 4.78 is 16.3. The van der Waals surface area contributed by atoms with E-state index in [0.29, 0.717) is 6.42 Å². The average molecular weight is 391 g/mol. The third-order valence-corrected chi connectivity index (χ3v) is 7.89. The highest BCUT2D eigenvalue weighted by atomic mass is 28.4. The minimum Gasteiger partial charge on any atom is -0.481 e. The molecule has 0 fully saturated rings. The van der Waals surface area contributed by atoms with Crippen LogP contribution >= 0.6 is 0 Å². The smallest absolute Gasteiger partial charge is 0.481 e. The van der Waals surface area contributed by atoms with E-state index in [9.17, 15) is 4.79 Å². The van der Waals surface area contributed by atoms with Crippen molar-refractivity contribution >= 4 is 14.8 Å². The Morgan fingerprint density at radius 1 is 0.615 bits per heavy atom. The molecule has 0 aromatic heterocycles. The van der Waals surface area contributed by atoms with Crippen LogP contribution in [0, 0.1) is 0 Å². The van der Waals surface area contributed by atoms with Crippen LogP contribution < -0.4 is 0 Å². The molecular weight excluding hydrogens is 348 g/mol. The molecule has 0 amide bonds. The summed E-state index contributed by atoms with van der Waals surface area (Å²) in [5.41, 5.74) is 0. The fourth-order valence-corrected chi connectivity index (χ4v) is 5.09. The second-order valence-electron chi connectivity index (χ2n) is 7.14. The van der Waals surface area contributed by atoms with Gasteiger partial charge in [-0.15, -0.1) is 0 Å². The van der Waals surface area contributed by atoms with Gasteiger partial charge in [-0.25, -0.2) is 0 Å². The molecule has 1 N–H and O–H groups in total. The summed E-state index contributed by atoms with van der Waals surface area (Å²) >= 11 is 0. The standard InChI is InChI=1S/C20H42O5Si/c1-23-26(24-2,25-3)19-17-15-13-11-9-7-5-4-6-8-10-12-14-16-18-20(21)22/h4-19H2,1-3H3,(H,21,22). The van der Waals surface area contributed by atoms with E-state index < -0.39 is 14.8 Å². The number of carboxylic acid groups (broad SMARTS) is 1. The Morgan fingerprint density at radius 3 is 1.23 bits per heavy atom. The molecule has 6 heteroatoms. The Bertz CT molecular complexity index is 313. The summed E-state index contributed by atoms with van der Waals surface area (Å²) in [4.78, 5) is 10.4. The van der Waals surface area contributed by atoms with Gasteiger partial charge in [0.15, 0.2) is 0 Å². The minimum absolute atomic E-state index is 0.327. The Labute approximate surface area is 162 Å². The van der Waals surface area contributed by atoms with Gasteiger partial charge in [-0.05, 0) is 12.8 Å². The van der Waals surface area contributed by atoms with Gasteiger partial charge >= 0.3 is 14.8 Å². The lowest BCUT2D eigenvalue weighted by Gasteiger charge is -2.24. The van der Waals surface area contributed by atoms with E-state index in [1.807, 2.05) is 0 Å². The maximum Gasteiger partial charge on any atom is 0.500 e. The molecule has 156 valence electrons. The molecule has 0 aliphatic carbocycles. The average Bonchev–Trinajstić information content (AvgIpc) is 2.65. The van der Waals surface area contributed by atoms with Crippen molar-refractivity contribution in [3.05, 3.63) is 0 Å². The molecule has 0 atom stereocenters. The number of rotatable bonds is 20. The van der Waals surface area contributed by atoms with Crippen molar-refractivity contribution in [3.8, 4) is 0 Å². The van der Waals surface area contributed by atoms with Gasteiger partial charge in [0.1, 0.15) is 0 Å². The van der Waals surface area contributed by atoms with Crippen LogP contribution in [0.25, 0.3) is 0 Å². The van der Waals surface area contributed by atoms with Crippen molar-refractivity contribution in [2.75, 3.05) is 21.3 Å². The molecule has 0 saturated heterocycles. The first-order chi connectivity index (χ1) is 12.6. The van der Waals surface area contributed by atoms with Crippen LogP contribution in [0.1, 0.15) is 96.3 Å². The number of carboxylic acids is 1. The van der Waals surface area contributed by atoms with Crippen LogP contribution in [0.5, 0.6) is 0 Å². The van der Waals surface area contributed by atoms with Gasteiger partial charge in [-0.1, -0.05) is 77.0 Å². The van der Waals surface area contributed by atoms with Gasteiger partial charge in [0.2, 0.25) is 0 Å².